The Hall–Kier alpha value is -2.89. The molecule has 3 aromatic heterocycles. The van der Waals surface area contributed by atoms with Crippen LogP contribution in [0.25, 0.3) is 33.4 Å². The third-order valence-electron chi connectivity index (χ3n) is 4.40. The van der Waals surface area contributed by atoms with E-state index in [-0.39, 0.29) is 0 Å². The van der Waals surface area contributed by atoms with Gasteiger partial charge in [-0.2, -0.15) is 5.10 Å². The Bertz CT molecular complexity index is 1030. The molecular weight excluding hydrogens is 302 g/mol. The second-order valence-corrected chi connectivity index (χ2v) is 6.24. The van der Waals surface area contributed by atoms with Crippen molar-refractivity contribution in [1.82, 2.24) is 24.9 Å². The Morgan fingerprint density at radius 2 is 1.92 bits per heavy atom. The van der Waals surface area contributed by atoms with E-state index in [0.717, 1.165) is 56.3 Å². The van der Waals surface area contributed by atoms with Crippen molar-refractivity contribution in [2.45, 2.75) is 27.7 Å². The number of H-pyrrole nitrogens is 1. The number of fused-ring (bicyclic) bond motifs is 1. The average Bonchev–Trinajstić information content (AvgIpc) is 3.16. The highest BCUT2D eigenvalue weighted by Crippen LogP contribution is 2.36. The maximum Gasteiger partial charge on any atom is 0.141 e. The van der Waals surface area contributed by atoms with Gasteiger partial charge in [0.05, 0.1) is 28.6 Å². The van der Waals surface area contributed by atoms with Gasteiger partial charge in [-0.3, -0.25) is 4.68 Å². The van der Waals surface area contributed by atoms with Crippen molar-refractivity contribution in [1.29, 1.82) is 0 Å². The molecule has 0 amide bonds. The number of nitrogens with one attached hydrogen (secondary N) is 1. The first kappa shape index (κ1) is 14.7. The number of imidazole rings is 1. The van der Waals surface area contributed by atoms with Crippen LogP contribution < -0.4 is 0 Å². The minimum Gasteiger partial charge on any atom is -0.361 e. The van der Waals surface area contributed by atoms with Gasteiger partial charge in [-0.1, -0.05) is 5.16 Å². The predicted octanol–water partition coefficient (Wildman–Crippen LogP) is 3.85. The third-order valence-corrected chi connectivity index (χ3v) is 4.40. The Balaban J connectivity index is 2.09. The molecule has 0 saturated heterocycles. The summed E-state index contributed by atoms with van der Waals surface area (Å²) in [6.07, 6.45) is 1.88. The van der Waals surface area contributed by atoms with E-state index in [2.05, 4.69) is 39.3 Å². The second-order valence-electron chi connectivity index (χ2n) is 6.24. The lowest BCUT2D eigenvalue weighted by Crippen LogP contribution is -1.96. The number of hydrogen-bond donors (Lipinski definition) is 1. The van der Waals surface area contributed by atoms with E-state index in [1.54, 1.807) is 0 Å². The summed E-state index contributed by atoms with van der Waals surface area (Å²) in [6.45, 7) is 7.93. The van der Waals surface area contributed by atoms with Gasteiger partial charge >= 0.3 is 0 Å². The van der Waals surface area contributed by atoms with E-state index in [9.17, 15) is 0 Å². The van der Waals surface area contributed by atoms with Crippen molar-refractivity contribution >= 4 is 11.0 Å². The summed E-state index contributed by atoms with van der Waals surface area (Å²) < 4.78 is 7.25. The Kier molecular flexibility index (Phi) is 3.09. The molecule has 0 spiro atoms. The smallest absolute Gasteiger partial charge is 0.141 e. The van der Waals surface area contributed by atoms with Crippen molar-refractivity contribution in [3.05, 3.63) is 41.2 Å². The topological polar surface area (TPSA) is 72.5 Å². The van der Waals surface area contributed by atoms with Crippen LogP contribution in [0, 0.1) is 27.7 Å². The number of benzene rings is 1. The lowest BCUT2D eigenvalue weighted by atomic mass is 9.98. The van der Waals surface area contributed by atoms with Crippen molar-refractivity contribution in [2.75, 3.05) is 0 Å². The molecule has 0 aliphatic heterocycles. The van der Waals surface area contributed by atoms with Crippen LogP contribution in [0.3, 0.4) is 0 Å². The Labute approximate surface area is 139 Å². The highest BCUT2D eigenvalue weighted by Gasteiger charge is 2.19. The lowest BCUT2D eigenvalue weighted by molar-refractivity contribution is 0.393. The van der Waals surface area contributed by atoms with Crippen molar-refractivity contribution < 1.29 is 4.52 Å². The van der Waals surface area contributed by atoms with Crippen LogP contribution in [0.2, 0.25) is 0 Å². The van der Waals surface area contributed by atoms with Crippen LogP contribution in [-0.4, -0.2) is 24.9 Å². The zero-order valence-corrected chi connectivity index (χ0v) is 14.4. The number of aromatic nitrogens is 5. The van der Waals surface area contributed by atoms with Crippen LogP contribution >= 0.6 is 0 Å². The average molecular weight is 321 g/mol. The molecule has 4 rings (SSSR count). The van der Waals surface area contributed by atoms with E-state index in [1.807, 2.05) is 38.7 Å². The van der Waals surface area contributed by atoms with Crippen LogP contribution in [0.15, 0.2) is 22.9 Å². The molecule has 6 heteroatoms. The zero-order valence-electron chi connectivity index (χ0n) is 14.4. The fourth-order valence-electron chi connectivity index (χ4n) is 3.39. The number of aryl methyl sites for hydroxylation is 5. The number of rotatable bonds is 2. The van der Waals surface area contributed by atoms with Gasteiger partial charge in [-0.25, -0.2) is 4.98 Å². The summed E-state index contributed by atoms with van der Waals surface area (Å²) in [7, 11) is 1.95. The fourth-order valence-corrected chi connectivity index (χ4v) is 3.39. The van der Waals surface area contributed by atoms with Gasteiger partial charge in [0, 0.05) is 18.2 Å². The molecule has 0 bridgehead atoms. The SMILES string of the molecule is Cc1nc2c(-c3c(C)cnn3C)cc(-c3c(C)noc3C)cc2[nH]1. The summed E-state index contributed by atoms with van der Waals surface area (Å²) in [4.78, 5) is 8.03. The lowest BCUT2D eigenvalue weighted by Gasteiger charge is -2.09. The summed E-state index contributed by atoms with van der Waals surface area (Å²) in [5.41, 5.74) is 8.19. The number of nitrogens with zero attached hydrogens (tertiary/aromatic N) is 4. The van der Waals surface area contributed by atoms with E-state index in [0.29, 0.717) is 0 Å². The Morgan fingerprint density at radius 3 is 2.54 bits per heavy atom. The molecule has 1 N–H and O–H groups in total. The molecule has 0 radical (unpaired) electrons. The molecule has 24 heavy (non-hydrogen) atoms. The van der Waals surface area contributed by atoms with E-state index >= 15 is 0 Å². The van der Waals surface area contributed by atoms with Gasteiger partial charge in [0.25, 0.3) is 0 Å². The minimum atomic E-state index is 0.816. The van der Waals surface area contributed by atoms with E-state index in [4.69, 9.17) is 4.52 Å². The highest BCUT2D eigenvalue weighted by atomic mass is 16.5. The van der Waals surface area contributed by atoms with Crippen molar-refractivity contribution in [3.8, 4) is 22.4 Å². The summed E-state index contributed by atoms with van der Waals surface area (Å²) in [5, 5.41) is 8.47. The molecule has 122 valence electrons. The van der Waals surface area contributed by atoms with Crippen molar-refractivity contribution in [3.63, 3.8) is 0 Å². The first-order valence-electron chi connectivity index (χ1n) is 7.88. The molecule has 0 aliphatic carbocycles. The van der Waals surface area contributed by atoms with Gasteiger partial charge in [0.1, 0.15) is 11.6 Å². The molecule has 0 saturated carbocycles. The molecule has 0 atom stereocenters. The monoisotopic (exact) mass is 321 g/mol. The Morgan fingerprint density at radius 1 is 1.12 bits per heavy atom. The van der Waals surface area contributed by atoms with Gasteiger partial charge in [-0.05, 0) is 51.0 Å². The third kappa shape index (κ3) is 2.06. The largest absolute Gasteiger partial charge is 0.361 e. The summed E-state index contributed by atoms with van der Waals surface area (Å²) in [5.74, 6) is 1.71. The van der Waals surface area contributed by atoms with Gasteiger partial charge < -0.3 is 9.51 Å². The summed E-state index contributed by atoms with van der Waals surface area (Å²) >= 11 is 0. The van der Waals surface area contributed by atoms with Crippen LogP contribution in [0.4, 0.5) is 0 Å². The standard InChI is InChI=1S/C18H19N5O/c1-9-8-19-23(5)18(9)14-6-13(16-10(2)22-24-11(16)3)7-15-17(14)21-12(4)20-15/h6-8H,1-5H3,(H,20,21). The predicted molar refractivity (Wildman–Crippen MR) is 92.7 cm³/mol. The van der Waals surface area contributed by atoms with Crippen LogP contribution in [-0.2, 0) is 7.05 Å². The first-order chi connectivity index (χ1) is 11.5. The van der Waals surface area contributed by atoms with Crippen LogP contribution in [0.1, 0.15) is 22.8 Å². The maximum absolute atomic E-state index is 5.35. The van der Waals surface area contributed by atoms with E-state index < -0.39 is 0 Å². The maximum atomic E-state index is 5.35. The number of aromatic amines is 1. The minimum absolute atomic E-state index is 0.816. The molecule has 0 unspecified atom stereocenters. The second kappa shape index (κ2) is 5.06. The normalized spacial score (nSPS) is 11.5. The molecular formula is C18H19N5O. The molecule has 4 aromatic rings. The van der Waals surface area contributed by atoms with Gasteiger partial charge in [0.15, 0.2) is 0 Å². The zero-order chi connectivity index (χ0) is 17.0. The first-order valence-corrected chi connectivity index (χ1v) is 7.88. The molecule has 3 heterocycles. The molecule has 1 aromatic carbocycles. The van der Waals surface area contributed by atoms with Crippen molar-refractivity contribution in [2.24, 2.45) is 7.05 Å². The quantitative estimate of drug-likeness (QED) is 0.608. The van der Waals surface area contributed by atoms with Gasteiger partial charge in [-0.15, -0.1) is 0 Å². The fraction of sp³-hybridized carbons (Fsp3) is 0.278. The van der Waals surface area contributed by atoms with Gasteiger partial charge in [0.2, 0.25) is 0 Å². The van der Waals surface area contributed by atoms with E-state index in [1.165, 1.54) is 0 Å². The molecule has 0 fully saturated rings. The number of hydrogen-bond acceptors (Lipinski definition) is 4. The highest BCUT2D eigenvalue weighted by molar-refractivity contribution is 5.96. The molecule has 6 nitrogen and oxygen atoms in total. The van der Waals surface area contributed by atoms with Crippen LogP contribution in [0.5, 0.6) is 0 Å². The molecule has 0 aliphatic rings. The summed E-state index contributed by atoms with van der Waals surface area (Å²) in [6, 6.07) is 4.26.